The number of nitrogens with two attached hydrogens (primary N) is 1. The van der Waals surface area contributed by atoms with E-state index in [9.17, 15) is 4.39 Å². The van der Waals surface area contributed by atoms with Gasteiger partial charge in [-0.25, -0.2) is 4.39 Å². The monoisotopic (exact) mass is 305 g/mol. The van der Waals surface area contributed by atoms with Crippen LogP contribution in [0.15, 0.2) is 42.5 Å². The van der Waals surface area contributed by atoms with Crippen LogP contribution in [0.5, 0.6) is 5.75 Å². The maximum atomic E-state index is 13.8. The number of rotatable bonds is 6. The third kappa shape index (κ3) is 4.24. The zero-order valence-corrected chi connectivity index (χ0v) is 12.5. The smallest absolute Gasteiger partial charge is 0.129 e. The highest BCUT2D eigenvalue weighted by Crippen LogP contribution is 2.15. The van der Waals surface area contributed by atoms with Gasteiger partial charge < -0.3 is 15.2 Å². The second-order valence-corrected chi connectivity index (χ2v) is 4.95. The Morgan fingerprint density at radius 3 is 2.67 bits per heavy atom. The maximum absolute atomic E-state index is 13.8. The quantitative estimate of drug-likeness (QED) is 0.833. The van der Waals surface area contributed by atoms with Crippen LogP contribution in [0.4, 0.5) is 4.39 Å². The molecular weight excluding hydrogens is 289 g/mol. The average Bonchev–Trinajstić information content (AvgIpc) is 2.49. The van der Waals surface area contributed by atoms with Crippen molar-refractivity contribution >= 4 is 17.2 Å². The van der Waals surface area contributed by atoms with Gasteiger partial charge in [0, 0.05) is 11.1 Å². The van der Waals surface area contributed by atoms with E-state index in [2.05, 4.69) is 0 Å². The molecule has 0 unspecified atom stereocenters. The van der Waals surface area contributed by atoms with Crippen LogP contribution in [0.2, 0.25) is 0 Å². The summed E-state index contributed by atoms with van der Waals surface area (Å²) in [5.74, 6) is 0.397. The molecule has 0 spiro atoms. The van der Waals surface area contributed by atoms with E-state index in [0.29, 0.717) is 17.7 Å². The van der Waals surface area contributed by atoms with E-state index in [-0.39, 0.29) is 17.4 Å². The second-order valence-electron chi connectivity index (χ2n) is 4.51. The minimum Gasteiger partial charge on any atom is -0.497 e. The predicted octanol–water partition coefficient (Wildman–Crippen LogP) is 3.19. The van der Waals surface area contributed by atoms with Gasteiger partial charge in [0.05, 0.1) is 20.3 Å². The molecule has 0 saturated carbocycles. The lowest BCUT2D eigenvalue weighted by Crippen LogP contribution is -2.10. The van der Waals surface area contributed by atoms with E-state index < -0.39 is 0 Å². The van der Waals surface area contributed by atoms with Gasteiger partial charge in [-0.1, -0.05) is 36.5 Å². The highest BCUT2D eigenvalue weighted by molar-refractivity contribution is 7.80. The summed E-state index contributed by atoms with van der Waals surface area (Å²) in [5, 5.41) is 0. The van der Waals surface area contributed by atoms with Crippen molar-refractivity contribution in [2.75, 3.05) is 7.11 Å². The van der Waals surface area contributed by atoms with Gasteiger partial charge in [-0.2, -0.15) is 0 Å². The molecule has 2 aromatic carbocycles. The van der Waals surface area contributed by atoms with E-state index in [1.54, 1.807) is 19.2 Å². The van der Waals surface area contributed by atoms with Crippen LogP contribution < -0.4 is 10.5 Å². The second kappa shape index (κ2) is 7.15. The largest absolute Gasteiger partial charge is 0.497 e. The summed E-state index contributed by atoms with van der Waals surface area (Å²) in [6, 6.07) is 12.2. The fourth-order valence-corrected chi connectivity index (χ4v) is 1.99. The molecule has 0 aliphatic carbocycles. The summed E-state index contributed by atoms with van der Waals surface area (Å²) in [7, 11) is 1.61. The number of hydrogen-bond acceptors (Lipinski definition) is 3. The zero-order chi connectivity index (χ0) is 15.2. The molecule has 2 rings (SSSR count). The summed E-state index contributed by atoms with van der Waals surface area (Å²) < 4.78 is 24.5. The minimum atomic E-state index is -0.369. The highest BCUT2D eigenvalue weighted by atomic mass is 32.1. The van der Waals surface area contributed by atoms with Gasteiger partial charge in [0.2, 0.25) is 0 Å². The third-order valence-corrected chi connectivity index (χ3v) is 3.23. The minimum absolute atomic E-state index is 0.178. The number of methoxy groups -OCH3 is 1. The number of ether oxygens (including phenoxy) is 2. The first kappa shape index (κ1) is 15.4. The number of benzene rings is 2. The average molecular weight is 305 g/mol. The summed E-state index contributed by atoms with van der Waals surface area (Å²) in [6.07, 6.45) is 0. The van der Waals surface area contributed by atoms with Crippen molar-refractivity contribution < 1.29 is 13.9 Å². The molecule has 0 bridgehead atoms. The van der Waals surface area contributed by atoms with Crippen LogP contribution in [-0.4, -0.2) is 12.1 Å². The third-order valence-electron chi connectivity index (χ3n) is 3.00. The van der Waals surface area contributed by atoms with E-state index >= 15 is 0 Å². The Labute approximate surface area is 128 Å². The van der Waals surface area contributed by atoms with E-state index in [1.807, 2.05) is 24.3 Å². The number of halogens is 1. The van der Waals surface area contributed by atoms with Crippen LogP contribution in [0, 0.1) is 5.82 Å². The number of thiocarbonyl (C=S) groups is 1. The van der Waals surface area contributed by atoms with Crippen molar-refractivity contribution in [3.8, 4) is 5.75 Å². The van der Waals surface area contributed by atoms with Gasteiger partial charge >= 0.3 is 0 Å². The molecule has 0 amide bonds. The van der Waals surface area contributed by atoms with Crippen LogP contribution >= 0.6 is 12.2 Å². The summed E-state index contributed by atoms with van der Waals surface area (Å²) >= 11 is 4.81. The molecule has 0 fully saturated rings. The van der Waals surface area contributed by atoms with Gasteiger partial charge in [0.25, 0.3) is 0 Å². The van der Waals surface area contributed by atoms with E-state index in [1.165, 1.54) is 6.07 Å². The molecule has 110 valence electrons. The Kier molecular flexibility index (Phi) is 5.25. The standard InChI is InChI=1S/C16H16FNO2S/c1-19-14-4-2-3-11(7-14)9-20-10-13-6-5-12(16(18)21)8-15(13)17/h2-8H,9-10H2,1H3,(H2,18,21). The maximum Gasteiger partial charge on any atom is 0.129 e. The van der Waals surface area contributed by atoms with Crippen LogP contribution in [-0.2, 0) is 18.0 Å². The van der Waals surface area contributed by atoms with Gasteiger partial charge in [-0.05, 0) is 23.8 Å². The molecule has 3 nitrogen and oxygen atoms in total. The lowest BCUT2D eigenvalue weighted by atomic mass is 10.1. The molecule has 0 heterocycles. The molecule has 0 aromatic heterocycles. The first-order chi connectivity index (χ1) is 10.1. The molecule has 0 aliphatic rings. The molecule has 0 saturated heterocycles. The Bertz CT molecular complexity index is 646. The molecule has 21 heavy (non-hydrogen) atoms. The first-order valence-electron chi connectivity index (χ1n) is 6.39. The highest BCUT2D eigenvalue weighted by Gasteiger charge is 2.06. The van der Waals surface area contributed by atoms with Gasteiger partial charge in [0.1, 0.15) is 16.6 Å². The Morgan fingerprint density at radius 2 is 2.00 bits per heavy atom. The fraction of sp³-hybridized carbons (Fsp3) is 0.188. The predicted molar refractivity (Wildman–Crippen MR) is 83.8 cm³/mol. The molecule has 0 radical (unpaired) electrons. The molecule has 2 N–H and O–H groups in total. The van der Waals surface area contributed by atoms with Crippen LogP contribution in [0.1, 0.15) is 16.7 Å². The van der Waals surface area contributed by atoms with Crippen molar-refractivity contribution in [1.82, 2.24) is 0 Å². The topological polar surface area (TPSA) is 44.5 Å². The zero-order valence-electron chi connectivity index (χ0n) is 11.6. The Morgan fingerprint density at radius 1 is 1.19 bits per heavy atom. The Balaban J connectivity index is 1.95. The summed E-state index contributed by atoms with van der Waals surface area (Å²) in [5.41, 5.74) is 7.41. The summed E-state index contributed by atoms with van der Waals surface area (Å²) in [6.45, 7) is 0.564. The van der Waals surface area contributed by atoms with Gasteiger partial charge in [-0.15, -0.1) is 0 Å². The molecule has 0 aliphatic heterocycles. The van der Waals surface area contributed by atoms with Crippen molar-refractivity contribution in [2.45, 2.75) is 13.2 Å². The molecule has 2 aromatic rings. The fourth-order valence-electron chi connectivity index (χ4n) is 1.86. The normalized spacial score (nSPS) is 10.4. The van der Waals surface area contributed by atoms with E-state index in [0.717, 1.165) is 11.3 Å². The molecular formula is C16H16FNO2S. The van der Waals surface area contributed by atoms with Crippen LogP contribution in [0.25, 0.3) is 0 Å². The lowest BCUT2D eigenvalue weighted by Gasteiger charge is -2.08. The van der Waals surface area contributed by atoms with Gasteiger partial charge in [0.15, 0.2) is 0 Å². The Hall–Kier alpha value is -1.98. The van der Waals surface area contributed by atoms with Crippen molar-refractivity contribution in [3.05, 3.63) is 65.0 Å². The molecule has 0 atom stereocenters. The van der Waals surface area contributed by atoms with Crippen molar-refractivity contribution in [3.63, 3.8) is 0 Å². The summed E-state index contributed by atoms with van der Waals surface area (Å²) in [4.78, 5) is 0.178. The van der Waals surface area contributed by atoms with Crippen molar-refractivity contribution in [2.24, 2.45) is 5.73 Å². The first-order valence-corrected chi connectivity index (χ1v) is 6.80. The molecule has 5 heteroatoms. The van der Waals surface area contributed by atoms with Gasteiger partial charge in [-0.3, -0.25) is 0 Å². The van der Waals surface area contributed by atoms with Crippen LogP contribution in [0.3, 0.4) is 0 Å². The lowest BCUT2D eigenvalue weighted by molar-refractivity contribution is 0.104. The van der Waals surface area contributed by atoms with E-state index in [4.69, 9.17) is 27.4 Å². The SMILES string of the molecule is COc1cccc(COCc2ccc(C(N)=S)cc2F)c1. The van der Waals surface area contributed by atoms with Crippen molar-refractivity contribution in [1.29, 1.82) is 0 Å². The number of hydrogen-bond donors (Lipinski definition) is 1.